The van der Waals surface area contributed by atoms with Crippen molar-refractivity contribution in [2.24, 2.45) is 0 Å². The van der Waals surface area contributed by atoms with Crippen molar-refractivity contribution in [2.45, 2.75) is 6.18 Å². The SMILES string of the molecule is COC(=O)/C(=C/c1ccccc1)COC(=O)c1ccccc1NC(=O)C(F)(F)F. The van der Waals surface area contributed by atoms with Crippen molar-refractivity contribution in [3.8, 4) is 0 Å². The standard InChI is InChI=1S/C20H16F3NO5/c1-28-17(25)14(11-13-7-3-2-4-8-13)12-29-18(26)15-9-5-6-10-16(15)24-19(27)20(21,22)23/h2-11H,12H2,1H3,(H,24,27)/b14-11+. The molecule has 0 aromatic heterocycles. The molecule has 1 N–H and O–H groups in total. The molecule has 0 saturated carbocycles. The lowest BCUT2D eigenvalue weighted by Crippen LogP contribution is -2.30. The number of nitrogens with one attached hydrogen (secondary N) is 1. The van der Waals surface area contributed by atoms with Gasteiger partial charge in [0, 0.05) is 0 Å². The maximum absolute atomic E-state index is 12.5. The molecule has 0 saturated heterocycles. The molecule has 1 amide bonds. The van der Waals surface area contributed by atoms with Crippen LogP contribution in [0.1, 0.15) is 15.9 Å². The summed E-state index contributed by atoms with van der Waals surface area (Å²) in [7, 11) is 1.16. The Hall–Kier alpha value is -3.62. The number of alkyl halides is 3. The van der Waals surface area contributed by atoms with E-state index in [1.807, 2.05) is 0 Å². The number of benzene rings is 2. The van der Waals surface area contributed by atoms with Gasteiger partial charge in [-0.15, -0.1) is 0 Å². The second kappa shape index (κ2) is 9.54. The van der Waals surface area contributed by atoms with Crippen molar-refractivity contribution < 1.29 is 37.0 Å². The molecule has 152 valence electrons. The second-order valence-corrected chi connectivity index (χ2v) is 5.65. The predicted octanol–water partition coefficient (Wildman–Crippen LogP) is 3.60. The molecule has 6 nitrogen and oxygen atoms in total. The molecule has 0 heterocycles. The van der Waals surface area contributed by atoms with Gasteiger partial charge in [-0.1, -0.05) is 42.5 Å². The number of carbonyl (C=O) groups is 3. The second-order valence-electron chi connectivity index (χ2n) is 5.65. The van der Waals surface area contributed by atoms with E-state index in [1.165, 1.54) is 24.3 Å². The van der Waals surface area contributed by atoms with Crippen molar-refractivity contribution in [1.82, 2.24) is 0 Å². The summed E-state index contributed by atoms with van der Waals surface area (Å²) in [5.74, 6) is -3.98. The molecule has 2 rings (SSSR count). The number of anilines is 1. The van der Waals surface area contributed by atoms with E-state index >= 15 is 0 Å². The first-order chi connectivity index (χ1) is 13.7. The van der Waals surface area contributed by atoms with Gasteiger partial charge in [-0.25, -0.2) is 9.59 Å². The fourth-order valence-electron chi connectivity index (χ4n) is 2.23. The molecule has 0 fully saturated rings. The lowest BCUT2D eigenvalue weighted by Gasteiger charge is -2.12. The van der Waals surface area contributed by atoms with E-state index in [-0.39, 0.29) is 16.8 Å². The van der Waals surface area contributed by atoms with Gasteiger partial charge < -0.3 is 14.8 Å². The van der Waals surface area contributed by atoms with Crippen LogP contribution >= 0.6 is 0 Å². The van der Waals surface area contributed by atoms with Crippen molar-refractivity contribution >= 4 is 29.6 Å². The number of halogens is 3. The average molecular weight is 407 g/mol. The van der Waals surface area contributed by atoms with Crippen LogP contribution in [-0.2, 0) is 19.1 Å². The molecule has 0 spiro atoms. The molecule has 0 atom stereocenters. The molecule has 0 bridgehead atoms. The maximum Gasteiger partial charge on any atom is 0.471 e. The molecule has 0 aliphatic carbocycles. The largest absolute Gasteiger partial charge is 0.471 e. The number of amides is 1. The minimum Gasteiger partial charge on any atom is -0.466 e. The van der Waals surface area contributed by atoms with Crippen LogP contribution < -0.4 is 5.32 Å². The smallest absolute Gasteiger partial charge is 0.466 e. The van der Waals surface area contributed by atoms with E-state index in [4.69, 9.17) is 4.74 Å². The summed E-state index contributed by atoms with van der Waals surface area (Å²) in [6.45, 7) is -0.484. The van der Waals surface area contributed by atoms with Crippen LogP contribution in [0.5, 0.6) is 0 Å². The summed E-state index contributed by atoms with van der Waals surface area (Å²) in [5.41, 5.74) is 0.00570. The first kappa shape index (κ1) is 21.7. The van der Waals surface area contributed by atoms with E-state index in [0.29, 0.717) is 5.56 Å². The Balaban J connectivity index is 2.18. The molecule has 9 heteroatoms. The summed E-state index contributed by atoms with van der Waals surface area (Å²) in [6.07, 6.45) is -3.66. The van der Waals surface area contributed by atoms with Gasteiger partial charge >= 0.3 is 24.0 Å². The number of methoxy groups -OCH3 is 1. The van der Waals surface area contributed by atoms with Crippen LogP contribution in [0.25, 0.3) is 6.08 Å². The third-order valence-electron chi connectivity index (χ3n) is 3.60. The van der Waals surface area contributed by atoms with Gasteiger partial charge in [0.2, 0.25) is 0 Å². The predicted molar refractivity (Wildman–Crippen MR) is 97.8 cm³/mol. The highest BCUT2D eigenvalue weighted by atomic mass is 19.4. The summed E-state index contributed by atoms with van der Waals surface area (Å²) >= 11 is 0. The topological polar surface area (TPSA) is 81.7 Å². The molecular weight excluding hydrogens is 391 g/mol. The Labute approximate surface area is 163 Å². The summed E-state index contributed by atoms with van der Waals surface area (Å²) in [4.78, 5) is 35.4. The summed E-state index contributed by atoms with van der Waals surface area (Å²) < 4.78 is 47.1. The number of rotatable bonds is 6. The highest BCUT2D eigenvalue weighted by Gasteiger charge is 2.39. The first-order valence-corrected chi connectivity index (χ1v) is 8.20. The van der Waals surface area contributed by atoms with Crippen LogP contribution in [0, 0.1) is 0 Å². The number of para-hydroxylation sites is 1. The van der Waals surface area contributed by atoms with Crippen molar-refractivity contribution in [2.75, 3.05) is 19.0 Å². The quantitative estimate of drug-likeness (QED) is 0.585. The zero-order valence-electron chi connectivity index (χ0n) is 15.2. The van der Waals surface area contributed by atoms with Gasteiger partial charge in [-0.05, 0) is 23.8 Å². The average Bonchev–Trinajstić information content (AvgIpc) is 2.70. The number of ether oxygens (including phenoxy) is 2. The first-order valence-electron chi connectivity index (χ1n) is 8.20. The van der Waals surface area contributed by atoms with Crippen molar-refractivity contribution in [3.05, 3.63) is 71.3 Å². The highest BCUT2D eigenvalue weighted by molar-refractivity contribution is 6.03. The number of esters is 2. The molecule has 29 heavy (non-hydrogen) atoms. The van der Waals surface area contributed by atoms with Crippen LogP contribution in [-0.4, -0.2) is 37.7 Å². The normalized spacial score (nSPS) is 11.5. The van der Waals surface area contributed by atoms with Crippen LogP contribution in [0.4, 0.5) is 18.9 Å². The Morgan fingerprint density at radius 3 is 2.24 bits per heavy atom. The van der Waals surface area contributed by atoms with Crippen LogP contribution in [0.15, 0.2) is 60.2 Å². The van der Waals surface area contributed by atoms with E-state index < -0.39 is 30.6 Å². The van der Waals surface area contributed by atoms with Gasteiger partial charge in [0.05, 0.1) is 23.9 Å². The minimum absolute atomic E-state index is 0.0175. The third-order valence-corrected chi connectivity index (χ3v) is 3.60. The Bertz CT molecular complexity index is 923. The van der Waals surface area contributed by atoms with E-state index in [9.17, 15) is 27.6 Å². The summed E-state index contributed by atoms with van der Waals surface area (Å²) in [5, 5.41) is 1.62. The highest BCUT2D eigenvalue weighted by Crippen LogP contribution is 2.22. The number of hydrogen-bond donors (Lipinski definition) is 1. The Kier molecular flexibility index (Phi) is 7.13. The minimum atomic E-state index is -5.12. The lowest BCUT2D eigenvalue weighted by molar-refractivity contribution is -0.167. The molecular formula is C20H16F3NO5. The zero-order valence-corrected chi connectivity index (χ0v) is 15.2. The fraction of sp³-hybridized carbons (Fsp3) is 0.150. The molecule has 2 aromatic carbocycles. The van der Waals surface area contributed by atoms with Crippen LogP contribution in [0.2, 0.25) is 0 Å². The molecule has 0 radical (unpaired) electrons. The van der Waals surface area contributed by atoms with E-state index in [0.717, 1.165) is 13.2 Å². The Morgan fingerprint density at radius 1 is 1.00 bits per heavy atom. The molecule has 0 aliphatic rings. The molecule has 0 unspecified atom stereocenters. The Morgan fingerprint density at radius 2 is 1.62 bits per heavy atom. The fourth-order valence-corrected chi connectivity index (χ4v) is 2.23. The zero-order chi connectivity index (χ0) is 21.4. The number of hydrogen-bond acceptors (Lipinski definition) is 5. The van der Waals surface area contributed by atoms with Gasteiger partial charge in [0.1, 0.15) is 6.61 Å². The van der Waals surface area contributed by atoms with E-state index in [1.54, 1.807) is 35.6 Å². The lowest BCUT2D eigenvalue weighted by atomic mass is 10.1. The maximum atomic E-state index is 12.5. The van der Waals surface area contributed by atoms with Crippen molar-refractivity contribution in [1.29, 1.82) is 0 Å². The van der Waals surface area contributed by atoms with Gasteiger partial charge in [0.25, 0.3) is 0 Å². The molecule has 0 aliphatic heterocycles. The van der Waals surface area contributed by atoms with E-state index in [2.05, 4.69) is 4.74 Å². The number of carbonyl (C=O) groups excluding carboxylic acids is 3. The summed E-state index contributed by atoms with van der Waals surface area (Å²) in [6, 6.07) is 13.7. The van der Waals surface area contributed by atoms with Gasteiger partial charge in [-0.3, -0.25) is 4.79 Å². The van der Waals surface area contributed by atoms with Gasteiger partial charge in [-0.2, -0.15) is 13.2 Å². The monoisotopic (exact) mass is 407 g/mol. The van der Waals surface area contributed by atoms with Crippen molar-refractivity contribution in [3.63, 3.8) is 0 Å². The molecule has 2 aromatic rings. The van der Waals surface area contributed by atoms with Gasteiger partial charge in [0.15, 0.2) is 0 Å². The van der Waals surface area contributed by atoms with Crippen LogP contribution in [0.3, 0.4) is 0 Å². The third kappa shape index (κ3) is 6.20.